The van der Waals surface area contributed by atoms with Crippen molar-refractivity contribution in [1.82, 2.24) is 24.9 Å². The summed E-state index contributed by atoms with van der Waals surface area (Å²) in [6.45, 7) is 10.3. The minimum atomic E-state index is 0.136. The maximum absolute atomic E-state index is 4.42. The van der Waals surface area contributed by atoms with Crippen LogP contribution in [0.2, 0.25) is 0 Å². The fourth-order valence-corrected chi connectivity index (χ4v) is 1.80. The highest BCUT2D eigenvalue weighted by Crippen LogP contribution is 2.10. The molecule has 2 aromatic heterocycles. The van der Waals surface area contributed by atoms with E-state index < -0.39 is 0 Å². The lowest BCUT2D eigenvalue weighted by Gasteiger charge is -2.20. The Hall–Kier alpha value is -1.69. The van der Waals surface area contributed by atoms with E-state index in [1.807, 2.05) is 6.07 Å². The third kappa shape index (κ3) is 3.64. The normalized spacial score (nSPS) is 12.0. The van der Waals surface area contributed by atoms with E-state index in [-0.39, 0.29) is 5.54 Å². The monoisotopic (exact) mass is 262 g/mol. The van der Waals surface area contributed by atoms with Gasteiger partial charge >= 0.3 is 0 Å². The number of fused-ring (bicyclic) bond motifs is 1. The maximum Gasteiger partial charge on any atom is 0.254 e. The van der Waals surface area contributed by atoms with E-state index in [0.29, 0.717) is 5.78 Å². The van der Waals surface area contributed by atoms with Gasteiger partial charge in [-0.2, -0.15) is 14.6 Å². The van der Waals surface area contributed by atoms with Gasteiger partial charge in [0.25, 0.3) is 5.78 Å². The molecule has 6 heteroatoms. The molecule has 0 unspecified atom stereocenters. The molecule has 0 saturated carbocycles. The van der Waals surface area contributed by atoms with Crippen LogP contribution < -0.4 is 10.6 Å². The molecule has 0 aromatic carbocycles. The van der Waals surface area contributed by atoms with Gasteiger partial charge in [-0.25, -0.2) is 4.98 Å². The average molecular weight is 262 g/mol. The zero-order chi connectivity index (χ0) is 13.9. The lowest BCUT2D eigenvalue weighted by Crippen LogP contribution is -2.38. The standard InChI is InChI=1S/C13H22N6/c1-5-10-8-11(14-6-7-16-13(2,3)4)19-12(18-10)15-9-17-19/h8-9,14,16H,5-7H2,1-4H3. The van der Waals surface area contributed by atoms with Crippen LogP contribution in [0.25, 0.3) is 5.78 Å². The number of nitrogens with one attached hydrogen (secondary N) is 2. The summed E-state index contributed by atoms with van der Waals surface area (Å²) >= 11 is 0. The number of hydrogen-bond donors (Lipinski definition) is 2. The van der Waals surface area contributed by atoms with Crippen molar-refractivity contribution >= 4 is 11.6 Å². The summed E-state index contributed by atoms with van der Waals surface area (Å²) in [6.07, 6.45) is 2.42. The highest BCUT2D eigenvalue weighted by molar-refractivity contribution is 5.44. The highest BCUT2D eigenvalue weighted by Gasteiger charge is 2.09. The largest absolute Gasteiger partial charge is 0.369 e. The molecular weight excluding hydrogens is 240 g/mol. The Balaban J connectivity index is 2.05. The number of hydrogen-bond acceptors (Lipinski definition) is 5. The maximum atomic E-state index is 4.42. The minimum Gasteiger partial charge on any atom is -0.369 e. The zero-order valence-corrected chi connectivity index (χ0v) is 12.1. The number of anilines is 1. The third-order valence-electron chi connectivity index (χ3n) is 2.75. The van der Waals surface area contributed by atoms with Crippen molar-refractivity contribution < 1.29 is 0 Å². The quantitative estimate of drug-likeness (QED) is 0.799. The second-order valence-electron chi connectivity index (χ2n) is 5.56. The van der Waals surface area contributed by atoms with Gasteiger partial charge in [0.15, 0.2) is 0 Å². The van der Waals surface area contributed by atoms with E-state index in [9.17, 15) is 0 Å². The van der Waals surface area contributed by atoms with Crippen LogP contribution in [0.5, 0.6) is 0 Å². The molecule has 0 bridgehead atoms. The van der Waals surface area contributed by atoms with Crippen molar-refractivity contribution in [3.05, 3.63) is 18.1 Å². The molecule has 0 fully saturated rings. The van der Waals surface area contributed by atoms with Gasteiger partial charge in [-0.05, 0) is 27.2 Å². The van der Waals surface area contributed by atoms with Gasteiger partial charge in [-0.15, -0.1) is 0 Å². The summed E-state index contributed by atoms with van der Waals surface area (Å²) in [5.41, 5.74) is 1.16. The van der Waals surface area contributed by atoms with Crippen LogP contribution in [0.4, 0.5) is 5.82 Å². The van der Waals surface area contributed by atoms with Crippen molar-refractivity contribution in [3.8, 4) is 0 Å². The third-order valence-corrected chi connectivity index (χ3v) is 2.75. The minimum absolute atomic E-state index is 0.136. The van der Waals surface area contributed by atoms with Crippen molar-refractivity contribution in [2.45, 2.75) is 39.7 Å². The Morgan fingerprint density at radius 1 is 1.26 bits per heavy atom. The molecule has 19 heavy (non-hydrogen) atoms. The van der Waals surface area contributed by atoms with Crippen molar-refractivity contribution in [1.29, 1.82) is 0 Å². The second kappa shape index (κ2) is 5.52. The van der Waals surface area contributed by atoms with Crippen molar-refractivity contribution in [2.75, 3.05) is 18.4 Å². The van der Waals surface area contributed by atoms with Crippen molar-refractivity contribution in [3.63, 3.8) is 0 Å². The van der Waals surface area contributed by atoms with E-state index in [1.165, 1.54) is 6.33 Å². The first-order valence-electron chi connectivity index (χ1n) is 6.68. The van der Waals surface area contributed by atoms with E-state index in [2.05, 4.69) is 53.4 Å². The Morgan fingerprint density at radius 2 is 2.05 bits per heavy atom. The molecule has 2 N–H and O–H groups in total. The molecule has 104 valence electrons. The first-order chi connectivity index (χ1) is 8.99. The fourth-order valence-electron chi connectivity index (χ4n) is 1.80. The molecule has 6 nitrogen and oxygen atoms in total. The molecule has 2 heterocycles. The number of rotatable bonds is 5. The van der Waals surface area contributed by atoms with E-state index in [0.717, 1.165) is 31.0 Å². The van der Waals surface area contributed by atoms with E-state index in [4.69, 9.17) is 0 Å². The Bertz CT molecular complexity index is 540. The predicted molar refractivity (Wildman–Crippen MR) is 76.4 cm³/mol. The Labute approximate surface area is 113 Å². The van der Waals surface area contributed by atoms with Gasteiger partial charge in [-0.3, -0.25) is 0 Å². The van der Waals surface area contributed by atoms with Gasteiger partial charge in [-0.1, -0.05) is 6.92 Å². The van der Waals surface area contributed by atoms with Crippen LogP contribution in [0.1, 0.15) is 33.4 Å². The predicted octanol–water partition coefficient (Wildman–Crippen LogP) is 1.49. The fraction of sp³-hybridized carbons (Fsp3) is 0.615. The van der Waals surface area contributed by atoms with Crippen LogP contribution >= 0.6 is 0 Å². The van der Waals surface area contributed by atoms with Crippen LogP contribution in [-0.2, 0) is 6.42 Å². The van der Waals surface area contributed by atoms with E-state index >= 15 is 0 Å². The highest BCUT2D eigenvalue weighted by atomic mass is 15.4. The summed E-state index contributed by atoms with van der Waals surface area (Å²) in [5.74, 6) is 1.58. The molecule has 0 spiro atoms. The van der Waals surface area contributed by atoms with Crippen LogP contribution in [0, 0.1) is 0 Å². The summed E-state index contributed by atoms with van der Waals surface area (Å²) in [6, 6.07) is 2.03. The molecule has 0 atom stereocenters. The first-order valence-corrected chi connectivity index (χ1v) is 6.68. The SMILES string of the molecule is CCc1cc(NCCNC(C)(C)C)n2ncnc2n1. The molecule has 2 aromatic rings. The molecule has 2 rings (SSSR count). The second-order valence-corrected chi connectivity index (χ2v) is 5.56. The molecule has 0 aliphatic heterocycles. The summed E-state index contributed by atoms with van der Waals surface area (Å²) in [5, 5.41) is 11.0. The lowest BCUT2D eigenvalue weighted by atomic mass is 10.1. The Morgan fingerprint density at radius 3 is 2.74 bits per heavy atom. The van der Waals surface area contributed by atoms with Gasteiger partial charge in [0, 0.05) is 30.4 Å². The summed E-state index contributed by atoms with van der Waals surface area (Å²) < 4.78 is 1.73. The molecule has 0 amide bonds. The lowest BCUT2D eigenvalue weighted by molar-refractivity contribution is 0.435. The molecule has 0 aliphatic carbocycles. The first kappa shape index (κ1) is 13.7. The van der Waals surface area contributed by atoms with Gasteiger partial charge in [0.1, 0.15) is 12.1 Å². The average Bonchev–Trinajstić information content (AvgIpc) is 2.81. The molecule has 0 saturated heterocycles. The number of aryl methyl sites for hydroxylation is 1. The van der Waals surface area contributed by atoms with Gasteiger partial charge in [0.05, 0.1) is 0 Å². The van der Waals surface area contributed by atoms with Crippen LogP contribution in [0.15, 0.2) is 12.4 Å². The van der Waals surface area contributed by atoms with Gasteiger partial charge in [0.2, 0.25) is 0 Å². The van der Waals surface area contributed by atoms with Crippen LogP contribution in [0.3, 0.4) is 0 Å². The van der Waals surface area contributed by atoms with Crippen LogP contribution in [-0.4, -0.2) is 38.2 Å². The topological polar surface area (TPSA) is 67.1 Å². The molecular formula is C13H22N6. The van der Waals surface area contributed by atoms with E-state index in [1.54, 1.807) is 4.52 Å². The summed E-state index contributed by atoms with van der Waals surface area (Å²) in [7, 11) is 0. The zero-order valence-electron chi connectivity index (χ0n) is 12.1. The summed E-state index contributed by atoms with van der Waals surface area (Å²) in [4.78, 5) is 8.56. The number of nitrogens with zero attached hydrogens (tertiary/aromatic N) is 4. The number of aromatic nitrogens is 4. The smallest absolute Gasteiger partial charge is 0.254 e. The van der Waals surface area contributed by atoms with Crippen molar-refractivity contribution in [2.24, 2.45) is 0 Å². The van der Waals surface area contributed by atoms with Gasteiger partial charge < -0.3 is 10.6 Å². The molecule has 0 radical (unpaired) electrons. The molecule has 0 aliphatic rings. The Kier molecular flexibility index (Phi) is 3.99.